The summed E-state index contributed by atoms with van der Waals surface area (Å²) in [4.78, 5) is 18.0. The number of aliphatic imine (C=N–C) groups is 1. The molecule has 0 aromatic heterocycles. The highest BCUT2D eigenvalue weighted by atomic mass is 16.5. The van der Waals surface area contributed by atoms with E-state index in [-0.39, 0.29) is 11.9 Å². The lowest BCUT2D eigenvalue weighted by atomic mass is 10.1. The second-order valence-corrected chi connectivity index (χ2v) is 6.58. The van der Waals surface area contributed by atoms with Crippen LogP contribution in [0, 0.1) is 0 Å². The summed E-state index contributed by atoms with van der Waals surface area (Å²) in [7, 11) is 6.63. The Morgan fingerprint density at radius 1 is 1.21 bits per heavy atom. The second-order valence-electron chi connectivity index (χ2n) is 6.58. The predicted octanol–water partition coefficient (Wildman–Crippen LogP) is 1.43. The summed E-state index contributed by atoms with van der Waals surface area (Å²) in [5.74, 6) is 3.07. The summed E-state index contributed by atoms with van der Waals surface area (Å²) in [5, 5.41) is 6.73. The molecule has 1 atom stereocenters. The number of hydrogen-bond acceptors (Lipinski definition) is 5. The van der Waals surface area contributed by atoms with Crippen molar-refractivity contribution in [1.29, 1.82) is 0 Å². The van der Waals surface area contributed by atoms with Crippen molar-refractivity contribution in [2.45, 2.75) is 32.2 Å². The van der Waals surface area contributed by atoms with Gasteiger partial charge in [-0.3, -0.25) is 9.79 Å². The summed E-state index contributed by atoms with van der Waals surface area (Å²) in [5.41, 5.74) is 0.967. The average Bonchev–Trinajstić information content (AvgIpc) is 3.20. The Balaban J connectivity index is 1.92. The van der Waals surface area contributed by atoms with Gasteiger partial charge in [0.1, 0.15) is 17.2 Å². The third kappa shape index (κ3) is 5.43. The van der Waals surface area contributed by atoms with E-state index in [0.29, 0.717) is 31.7 Å². The van der Waals surface area contributed by atoms with Gasteiger partial charge in [-0.2, -0.15) is 0 Å². The lowest BCUT2D eigenvalue weighted by Crippen LogP contribution is -2.45. The van der Waals surface area contributed by atoms with Crippen LogP contribution in [-0.2, 0) is 11.2 Å². The normalized spacial score (nSPS) is 16.7. The van der Waals surface area contributed by atoms with E-state index in [1.807, 2.05) is 24.0 Å². The molecule has 2 N–H and O–H groups in total. The van der Waals surface area contributed by atoms with Crippen LogP contribution in [0.1, 0.15) is 25.3 Å². The third-order valence-corrected chi connectivity index (χ3v) is 4.89. The van der Waals surface area contributed by atoms with E-state index >= 15 is 0 Å². The molecule has 1 aliphatic rings. The van der Waals surface area contributed by atoms with Gasteiger partial charge in [0.25, 0.3) is 0 Å². The first-order valence-corrected chi connectivity index (χ1v) is 9.60. The van der Waals surface area contributed by atoms with Gasteiger partial charge in [-0.05, 0) is 12.8 Å². The molecule has 1 aliphatic heterocycles. The molecule has 0 aliphatic carbocycles. The van der Waals surface area contributed by atoms with Gasteiger partial charge < -0.3 is 29.7 Å². The van der Waals surface area contributed by atoms with Gasteiger partial charge in [0.2, 0.25) is 5.91 Å². The molecule has 1 amide bonds. The summed E-state index contributed by atoms with van der Waals surface area (Å²) in [6, 6.07) is 3.91. The lowest BCUT2D eigenvalue weighted by Gasteiger charge is -2.19. The molecule has 8 nitrogen and oxygen atoms in total. The van der Waals surface area contributed by atoms with Crippen LogP contribution in [-0.4, -0.2) is 70.8 Å². The molecule has 1 unspecified atom stereocenters. The monoisotopic (exact) mass is 392 g/mol. The topological polar surface area (TPSA) is 84.4 Å². The molecule has 2 rings (SSSR count). The fraction of sp³-hybridized carbons (Fsp3) is 0.600. The summed E-state index contributed by atoms with van der Waals surface area (Å²) in [6.07, 6.45) is 2.17. The molecule has 1 aromatic carbocycles. The number of amides is 1. The summed E-state index contributed by atoms with van der Waals surface area (Å²) >= 11 is 0. The fourth-order valence-electron chi connectivity index (χ4n) is 3.35. The van der Waals surface area contributed by atoms with Crippen molar-refractivity contribution in [3.05, 3.63) is 17.7 Å². The minimum atomic E-state index is 0.200. The molecule has 1 fully saturated rings. The minimum Gasteiger partial charge on any atom is -0.496 e. The second kappa shape index (κ2) is 10.6. The van der Waals surface area contributed by atoms with Crippen LogP contribution in [0.2, 0.25) is 0 Å². The fourth-order valence-corrected chi connectivity index (χ4v) is 3.35. The quantitative estimate of drug-likeness (QED) is 0.514. The van der Waals surface area contributed by atoms with Crippen molar-refractivity contribution in [3.8, 4) is 17.2 Å². The number of hydrogen-bond donors (Lipinski definition) is 2. The van der Waals surface area contributed by atoms with Crippen LogP contribution in [0.25, 0.3) is 0 Å². The SMILES string of the molecule is CCC(=O)N1CCC(NC(=NC)NCCc2c(OC)cc(OC)cc2OC)C1. The molecule has 8 heteroatoms. The number of nitrogens with one attached hydrogen (secondary N) is 2. The maximum atomic E-state index is 11.8. The van der Waals surface area contributed by atoms with E-state index < -0.39 is 0 Å². The summed E-state index contributed by atoms with van der Waals surface area (Å²) < 4.78 is 16.3. The van der Waals surface area contributed by atoms with E-state index in [1.54, 1.807) is 28.4 Å². The van der Waals surface area contributed by atoms with Crippen molar-refractivity contribution in [3.63, 3.8) is 0 Å². The van der Waals surface area contributed by atoms with Crippen molar-refractivity contribution in [2.75, 3.05) is 48.0 Å². The predicted molar refractivity (Wildman–Crippen MR) is 110 cm³/mol. The van der Waals surface area contributed by atoms with Gasteiger partial charge in [-0.25, -0.2) is 0 Å². The van der Waals surface area contributed by atoms with Crippen LogP contribution in [0.4, 0.5) is 0 Å². The number of nitrogens with zero attached hydrogens (tertiary/aromatic N) is 2. The Morgan fingerprint density at radius 2 is 1.89 bits per heavy atom. The Labute approximate surface area is 167 Å². The van der Waals surface area contributed by atoms with E-state index in [9.17, 15) is 4.79 Å². The van der Waals surface area contributed by atoms with Crippen LogP contribution < -0.4 is 24.8 Å². The number of likely N-dealkylation sites (tertiary alicyclic amines) is 1. The molecule has 0 radical (unpaired) electrons. The summed E-state index contributed by atoms with van der Waals surface area (Å²) in [6.45, 7) is 4.06. The molecule has 1 aromatic rings. The first kappa shape index (κ1) is 21.7. The average molecular weight is 393 g/mol. The Kier molecular flexibility index (Phi) is 8.22. The molecule has 0 bridgehead atoms. The zero-order chi connectivity index (χ0) is 20.5. The Bertz CT molecular complexity index is 668. The molecule has 0 spiro atoms. The minimum absolute atomic E-state index is 0.200. The highest BCUT2D eigenvalue weighted by Gasteiger charge is 2.25. The standard InChI is InChI=1S/C20H32N4O4/c1-6-19(25)24-10-8-14(13-24)23-20(21-2)22-9-7-16-17(27-4)11-15(26-3)12-18(16)28-5/h11-12,14H,6-10,13H2,1-5H3,(H2,21,22,23). The molecule has 1 saturated heterocycles. The number of ether oxygens (including phenoxy) is 3. The van der Waals surface area contributed by atoms with Crippen LogP contribution >= 0.6 is 0 Å². The number of carbonyl (C=O) groups excluding carboxylic acids is 1. The molecule has 1 heterocycles. The zero-order valence-electron chi connectivity index (χ0n) is 17.5. The molecule has 156 valence electrons. The van der Waals surface area contributed by atoms with E-state index in [4.69, 9.17) is 14.2 Å². The first-order chi connectivity index (χ1) is 13.6. The maximum absolute atomic E-state index is 11.8. The number of carbonyl (C=O) groups is 1. The molecular weight excluding hydrogens is 360 g/mol. The van der Waals surface area contributed by atoms with Crippen LogP contribution in [0.5, 0.6) is 17.2 Å². The van der Waals surface area contributed by atoms with Gasteiger partial charge in [0, 0.05) is 56.8 Å². The molecule has 0 saturated carbocycles. The Hall–Kier alpha value is -2.64. The van der Waals surface area contributed by atoms with Gasteiger partial charge >= 0.3 is 0 Å². The smallest absolute Gasteiger partial charge is 0.222 e. The Morgan fingerprint density at radius 3 is 2.43 bits per heavy atom. The van der Waals surface area contributed by atoms with E-state index in [2.05, 4.69) is 15.6 Å². The molecular formula is C20H32N4O4. The van der Waals surface area contributed by atoms with Gasteiger partial charge in [0.05, 0.1) is 21.3 Å². The number of rotatable bonds is 8. The van der Waals surface area contributed by atoms with Crippen molar-refractivity contribution in [1.82, 2.24) is 15.5 Å². The van der Waals surface area contributed by atoms with Crippen molar-refractivity contribution < 1.29 is 19.0 Å². The van der Waals surface area contributed by atoms with Gasteiger partial charge in [-0.15, -0.1) is 0 Å². The highest BCUT2D eigenvalue weighted by Crippen LogP contribution is 2.34. The first-order valence-electron chi connectivity index (χ1n) is 9.60. The van der Waals surface area contributed by atoms with Crippen molar-refractivity contribution >= 4 is 11.9 Å². The molecule has 28 heavy (non-hydrogen) atoms. The number of guanidine groups is 1. The number of benzene rings is 1. The van der Waals surface area contributed by atoms with Crippen molar-refractivity contribution in [2.24, 2.45) is 4.99 Å². The van der Waals surface area contributed by atoms with E-state index in [0.717, 1.165) is 36.0 Å². The van der Waals surface area contributed by atoms with E-state index in [1.165, 1.54) is 0 Å². The zero-order valence-corrected chi connectivity index (χ0v) is 17.5. The van der Waals surface area contributed by atoms with Gasteiger partial charge in [-0.1, -0.05) is 6.92 Å². The third-order valence-electron chi connectivity index (χ3n) is 4.89. The highest BCUT2D eigenvalue weighted by molar-refractivity contribution is 5.80. The lowest BCUT2D eigenvalue weighted by molar-refractivity contribution is -0.129. The maximum Gasteiger partial charge on any atom is 0.222 e. The van der Waals surface area contributed by atoms with Gasteiger partial charge in [0.15, 0.2) is 5.96 Å². The number of methoxy groups -OCH3 is 3. The van der Waals surface area contributed by atoms with Crippen LogP contribution in [0.15, 0.2) is 17.1 Å². The largest absolute Gasteiger partial charge is 0.496 e. The van der Waals surface area contributed by atoms with Crippen LogP contribution in [0.3, 0.4) is 0 Å².